The molecule has 1 rings (SSSR count). The number of carboxylic acid groups (broad SMARTS) is 2. The van der Waals surface area contributed by atoms with Crippen molar-refractivity contribution in [1.82, 2.24) is 4.72 Å². The maximum Gasteiger partial charge on any atom is 0.308 e. The molecule has 3 atom stereocenters. The minimum Gasteiger partial charge on any atom is -0.481 e. The van der Waals surface area contributed by atoms with Gasteiger partial charge >= 0.3 is 11.9 Å². The summed E-state index contributed by atoms with van der Waals surface area (Å²) in [5.41, 5.74) is 0.965. The van der Waals surface area contributed by atoms with E-state index in [1.165, 1.54) is 0 Å². The highest BCUT2D eigenvalue weighted by Gasteiger charge is 2.34. The van der Waals surface area contributed by atoms with Crippen LogP contribution in [0.2, 0.25) is 0 Å². The van der Waals surface area contributed by atoms with E-state index in [-0.39, 0.29) is 6.42 Å². The maximum atomic E-state index is 12.2. The van der Waals surface area contributed by atoms with Crippen molar-refractivity contribution in [2.75, 3.05) is 6.54 Å². The van der Waals surface area contributed by atoms with E-state index in [0.717, 1.165) is 5.57 Å². The summed E-state index contributed by atoms with van der Waals surface area (Å²) in [5.74, 6) is -5.01. The van der Waals surface area contributed by atoms with Gasteiger partial charge in [0.25, 0.3) is 0 Å². The van der Waals surface area contributed by atoms with Crippen LogP contribution in [0.15, 0.2) is 23.8 Å². The van der Waals surface area contributed by atoms with Crippen LogP contribution in [0.1, 0.15) is 26.7 Å². The van der Waals surface area contributed by atoms with E-state index < -0.39 is 45.6 Å². The van der Waals surface area contributed by atoms with Crippen LogP contribution in [-0.2, 0) is 19.6 Å². The quantitative estimate of drug-likeness (QED) is 0.610. The first-order valence-corrected chi connectivity index (χ1v) is 8.52. The van der Waals surface area contributed by atoms with Crippen LogP contribution in [0, 0.1) is 11.8 Å². The molecule has 0 fully saturated rings. The van der Waals surface area contributed by atoms with Gasteiger partial charge in [-0.3, -0.25) is 9.59 Å². The van der Waals surface area contributed by atoms with Crippen LogP contribution in [0.3, 0.4) is 0 Å². The number of hydrogen-bond donors (Lipinski definition) is 3. The van der Waals surface area contributed by atoms with Gasteiger partial charge in [-0.15, -0.1) is 0 Å². The second kappa shape index (κ2) is 7.55. The number of nitrogens with one attached hydrogen (secondary N) is 1. The SMILES string of the molecule is CC[C@H](C(=O)O)[C@@H](CNS(=O)(=O)[C@H]1C=CC(C)=CC1)C(=O)O. The third-order valence-electron chi connectivity index (χ3n) is 3.71. The van der Waals surface area contributed by atoms with Gasteiger partial charge in [-0.2, -0.15) is 0 Å². The van der Waals surface area contributed by atoms with Crippen LogP contribution < -0.4 is 4.72 Å². The molecule has 0 amide bonds. The van der Waals surface area contributed by atoms with E-state index in [0.29, 0.717) is 6.42 Å². The van der Waals surface area contributed by atoms with Crippen molar-refractivity contribution < 1.29 is 28.2 Å². The molecule has 0 aromatic carbocycles. The number of hydrogen-bond acceptors (Lipinski definition) is 4. The topological polar surface area (TPSA) is 121 Å². The summed E-state index contributed by atoms with van der Waals surface area (Å²) in [6.45, 7) is 2.97. The molecule has 0 spiro atoms. The second-order valence-electron chi connectivity index (χ2n) is 5.27. The van der Waals surface area contributed by atoms with E-state index in [1.807, 2.05) is 6.92 Å². The minimum atomic E-state index is -3.74. The molecule has 8 heteroatoms. The summed E-state index contributed by atoms with van der Waals surface area (Å²) in [5, 5.41) is 17.4. The van der Waals surface area contributed by atoms with E-state index in [9.17, 15) is 18.0 Å². The van der Waals surface area contributed by atoms with Crippen LogP contribution in [0.5, 0.6) is 0 Å². The lowest BCUT2D eigenvalue weighted by Gasteiger charge is -2.21. The monoisotopic (exact) mass is 331 g/mol. The fourth-order valence-corrected chi connectivity index (χ4v) is 3.54. The lowest BCUT2D eigenvalue weighted by Crippen LogP contribution is -2.42. The molecule has 0 aromatic heterocycles. The van der Waals surface area contributed by atoms with E-state index in [4.69, 9.17) is 10.2 Å². The Kier molecular flexibility index (Phi) is 6.31. The van der Waals surface area contributed by atoms with Crippen molar-refractivity contribution in [1.29, 1.82) is 0 Å². The third-order valence-corrected chi connectivity index (χ3v) is 5.42. The Morgan fingerprint density at radius 1 is 1.32 bits per heavy atom. The van der Waals surface area contributed by atoms with Gasteiger partial charge in [-0.1, -0.05) is 30.7 Å². The van der Waals surface area contributed by atoms with E-state index >= 15 is 0 Å². The Bertz CT molecular complexity index is 592. The molecule has 124 valence electrons. The largest absolute Gasteiger partial charge is 0.481 e. The Morgan fingerprint density at radius 2 is 1.91 bits per heavy atom. The van der Waals surface area contributed by atoms with Gasteiger partial charge in [-0.05, 0) is 19.8 Å². The molecule has 3 N–H and O–H groups in total. The number of carbonyl (C=O) groups is 2. The first kappa shape index (κ1) is 18.4. The standard InChI is InChI=1S/C14H21NO6S/c1-3-11(13(16)17)12(14(18)19)8-15-22(20,21)10-6-4-9(2)5-7-10/h4-6,10-12,15H,3,7-8H2,1-2H3,(H,16,17)(H,18,19)/t10-,11-,12+/m0/s1. The molecular weight excluding hydrogens is 310 g/mol. The molecule has 0 unspecified atom stereocenters. The lowest BCUT2D eigenvalue weighted by molar-refractivity contribution is -0.153. The van der Waals surface area contributed by atoms with Crippen molar-refractivity contribution in [2.45, 2.75) is 31.9 Å². The number of aliphatic carboxylic acids is 2. The Morgan fingerprint density at radius 3 is 2.32 bits per heavy atom. The van der Waals surface area contributed by atoms with Crippen molar-refractivity contribution in [3.8, 4) is 0 Å². The van der Waals surface area contributed by atoms with Crippen molar-refractivity contribution in [3.05, 3.63) is 23.8 Å². The molecule has 0 heterocycles. The highest BCUT2D eigenvalue weighted by Crippen LogP contribution is 2.19. The fraction of sp³-hybridized carbons (Fsp3) is 0.571. The first-order valence-electron chi connectivity index (χ1n) is 6.98. The number of allylic oxidation sites excluding steroid dienone is 3. The van der Waals surface area contributed by atoms with Crippen molar-refractivity contribution >= 4 is 22.0 Å². The zero-order valence-corrected chi connectivity index (χ0v) is 13.3. The van der Waals surface area contributed by atoms with Crippen molar-refractivity contribution in [3.63, 3.8) is 0 Å². The molecule has 0 saturated carbocycles. The predicted octanol–water partition coefficient (Wildman–Crippen LogP) is 0.992. The molecule has 22 heavy (non-hydrogen) atoms. The molecule has 0 aliphatic heterocycles. The Labute approximate surface area is 129 Å². The Balaban J connectivity index is 2.78. The van der Waals surface area contributed by atoms with Gasteiger partial charge in [0, 0.05) is 6.54 Å². The normalized spacial score (nSPS) is 21.0. The molecule has 1 aliphatic carbocycles. The molecule has 1 aliphatic rings. The predicted molar refractivity (Wildman–Crippen MR) is 80.8 cm³/mol. The summed E-state index contributed by atoms with van der Waals surface area (Å²) < 4.78 is 26.6. The zero-order chi connectivity index (χ0) is 16.9. The van der Waals surface area contributed by atoms with Gasteiger partial charge in [0.1, 0.15) is 0 Å². The number of carboxylic acids is 2. The van der Waals surface area contributed by atoms with Crippen LogP contribution in [-0.4, -0.2) is 42.4 Å². The Hall–Kier alpha value is -1.67. The van der Waals surface area contributed by atoms with Gasteiger partial charge in [-0.25, -0.2) is 13.1 Å². The highest BCUT2D eigenvalue weighted by molar-refractivity contribution is 7.90. The lowest BCUT2D eigenvalue weighted by atomic mass is 9.90. The summed E-state index contributed by atoms with van der Waals surface area (Å²) >= 11 is 0. The summed E-state index contributed by atoms with van der Waals surface area (Å²) in [4.78, 5) is 22.3. The average Bonchev–Trinajstić information content (AvgIpc) is 2.43. The smallest absolute Gasteiger partial charge is 0.308 e. The molecule has 0 saturated heterocycles. The maximum absolute atomic E-state index is 12.2. The minimum absolute atomic E-state index is 0.110. The second-order valence-corrected chi connectivity index (χ2v) is 7.26. The van der Waals surface area contributed by atoms with Gasteiger partial charge < -0.3 is 10.2 Å². The van der Waals surface area contributed by atoms with Gasteiger partial charge in [0.05, 0.1) is 17.1 Å². The highest BCUT2D eigenvalue weighted by atomic mass is 32.2. The van der Waals surface area contributed by atoms with E-state index in [2.05, 4.69) is 4.72 Å². The number of rotatable bonds is 8. The van der Waals surface area contributed by atoms with Crippen LogP contribution >= 0.6 is 0 Å². The van der Waals surface area contributed by atoms with Crippen LogP contribution in [0.4, 0.5) is 0 Å². The molecule has 7 nitrogen and oxygen atoms in total. The van der Waals surface area contributed by atoms with Gasteiger partial charge in [0.2, 0.25) is 10.0 Å². The zero-order valence-electron chi connectivity index (χ0n) is 12.5. The van der Waals surface area contributed by atoms with Crippen LogP contribution in [0.25, 0.3) is 0 Å². The molecular formula is C14H21NO6S. The first-order chi connectivity index (χ1) is 10.2. The number of sulfonamides is 1. The summed E-state index contributed by atoms with van der Waals surface area (Å²) in [6, 6.07) is 0. The molecule has 0 aromatic rings. The third kappa shape index (κ3) is 4.67. The molecule has 0 bridgehead atoms. The van der Waals surface area contributed by atoms with Gasteiger partial charge in [0.15, 0.2) is 0 Å². The van der Waals surface area contributed by atoms with E-state index in [1.54, 1.807) is 25.2 Å². The summed E-state index contributed by atoms with van der Waals surface area (Å²) in [7, 11) is -3.74. The average molecular weight is 331 g/mol. The van der Waals surface area contributed by atoms with Crippen molar-refractivity contribution in [2.24, 2.45) is 11.8 Å². The fourth-order valence-electron chi connectivity index (χ4n) is 2.28. The summed E-state index contributed by atoms with van der Waals surface area (Å²) in [6.07, 6.45) is 5.44. The molecule has 0 radical (unpaired) electrons.